The van der Waals surface area contributed by atoms with Crippen LogP contribution in [0.15, 0.2) is 30.3 Å². The maximum atomic E-state index is 11.8. The SMILES string of the molecule is CC(=O)N1CCC[C@H](c2nc(C)c3c(n2)N(CCc2ccccc2)CCC3)C1. The molecule has 1 saturated heterocycles. The van der Waals surface area contributed by atoms with E-state index in [2.05, 4.69) is 42.2 Å². The molecule has 2 aliphatic heterocycles. The number of aromatic nitrogens is 2. The fourth-order valence-electron chi connectivity index (χ4n) is 4.49. The number of carbonyl (C=O) groups excluding carboxylic acids is 1. The summed E-state index contributed by atoms with van der Waals surface area (Å²) in [6, 6.07) is 10.7. The van der Waals surface area contributed by atoms with Gasteiger partial charge in [0, 0.05) is 50.3 Å². The summed E-state index contributed by atoms with van der Waals surface area (Å²) in [5, 5.41) is 0. The zero-order chi connectivity index (χ0) is 19.5. The highest BCUT2D eigenvalue weighted by Gasteiger charge is 2.28. The van der Waals surface area contributed by atoms with E-state index in [1.54, 1.807) is 6.92 Å². The van der Waals surface area contributed by atoms with Gasteiger partial charge in [-0.25, -0.2) is 9.97 Å². The number of nitrogens with zero attached hydrogens (tertiary/aromatic N) is 4. The topological polar surface area (TPSA) is 49.3 Å². The molecule has 28 heavy (non-hydrogen) atoms. The van der Waals surface area contributed by atoms with Crippen molar-refractivity contribution in [3.63, 3.8) is 0 Å². The first kappa shape index (κ1) is 18.9. The fraction of sp³-hybridized carbons (Fsp3) is 0.522. The van der Waals surface area contributed by atoms with Gasteiger partial charge in [-0.2, -0.15) is 0 Å². The largest absolute Gasteiger partial charge is 0.356 e. The monoisotopic (exact) mass is 378 g/mol. The summed E-state index contributed by atoms with van der Waals surface area (Å²) in [5.74, 6) is 2.46. The lowest BCUT2D eigenvalue weighted by Gasteiger charge is -2.34. The van der Waals surface area contributed by atoms with E-state index in [1.165, 1.54) is 11.1 Å². The Kier molecular flexibility index (Phi) is 5.60. The van der Waals surface area contributed by atoms with Gasteiger partial charge in [-0.3, -0.25) is 4.79 Å². The van der Waals surface area contributed by atoms with Crippen molar-refractivity contribution in [1.82, 2.24) is 14.9 Å². The number of hydrogen-bond acceptors (Lipinski definition) is 4. The van der Waals surface area contributed by atoms with Crippen molar-refractivity contribution in [3.05, 3.63) is 53.0 Å². The second-order valence-electron chi connectivity index (χ2n) is 8.10. The summed E-state index contributed by atoms with van der Waals surface area (Å²) in [5.41, 5.74) is 3.79. The Morgan fingerprint density at radius 2 is 1.96 bits per heavy atom. The van der Waals surface area contributed by atoms with Gasteiger partial charge in [0.1, 0.15) is 11.6 Å². The van der Waals surface area contributed by atoms with Gasteiger partial charge in [0.25, 0.3) is 0 Å². The van der Waals surface area contributed by atoms with Crippen molar-refractivity contribution >= 4 is 11.7 Å². The van der Waals surface area contributed by atoms with E-state index >= 15 is 0 Å². The Bertz CT molecular complexity index is 836. The summed E-state index contributed by atoms with van der Waals surface area (Å²) in [7, 11) is 0. The van der Waals surface area contributed by atoms with E-state index in [1.807, 2.05) is 4.90 Å². The minimum absolute atomic E-state index is 0.156. The number of amides is 1. The average Bonchev–Trinajstić information content (AvgIpc) is 2.73. The van der Waals surface area contributed by atoms with Crippen LogP contribution < -0.4 is 4.90 Å². The van der Waals surface area contributed by atoms with Crippen molar-refractivity contribution in [3.8, 4) is 0 Å². The van der Waals surface area contributed by atoms with Crippen LogP contribution in [0.25, 0.3) is 0 Å². The average molecular weight is 379 g/mol. The van der Waals surface area contributed by atoms with E-state index in [0.717, 1.165) is 75.6 Å². The van der Waals surface area contributed by atoms with Crippen LogP contribution in [0.5, 0.6) is 0 Å². The van der Waals surface area contributed by atoms with Crippen LogP contribution in [0.3, 0.4) is 0 Å². The number of rotatable bonds is 4. The number of fused-ring (bicyclic) bond motifs is 1. The predicted molar refractivity (Wildman–Crippen MR) is 112 cm³/mol. The number of hydrogen-bond donors (Lipinski definition) is 0. The van der Waals surface area contributed by atoms with Gasteiger partial charge in [-0.05, 0) is 44.6 Å². The van der Waals surface area contributed by atoms with Crippen LogP contribution in [0.2, 0.25) is 0 Å². The van der Waals surface area contributed by atoms with Crippen LogP contribution in [-0.2, 0) is 17.6 Å². The molecule has 0 radical (unpaired) electrons. The number of likely N-dealkylation sites (tertiary alicyclic amines) is 1. The molecule has 1 fully saturated rings. The predicted octanol–water partition coefficient (Wildman–Crippen LogP) is 3.51. The second-order valence-corrected chi connectivity index (χ2v) is 8.10. The standard InChI is InChI=1S/C23H30N4O/c1-17-21-11-7-13-26(15-12-19-8-4-3-5-9-19)23(21)25-22(24-17)20-10-6-14-27(16-20)18(2)28/h3-5,8-9,20H,6-7,10-16H2,1-2H3/t20-/m0/s1. The van der Waals surface area contributed by atoms with E-state index in [0.29, 0.717) is 0 Å². The molecule has 5 heteroatoms. The van der Waals surface area contributed by atoms with Crippen LogP contribution in [-0.4, -0.2) is 47.0 Å². The third kappa shape index (κ3) is 4.03. The molecule has 4 rings (SSSR count). The van der Waals surface area contributed by atoms with Gasteiger partial charge in [0.15, 0.2) is 0 Å². The quantitative estimate of drug-likeness (QED) is 0.817. The van der Waals surface area contributed by atoms with Gasteiger partial charge < -0.3 is 9.80 Å². The summed E-state index contributed by atoms with van der Waals surface area (Å²) >= 11 is 0. The van der Waals surface area contributed by atoms with Crippen molar-refractivity contribution < 1.29 is 4.79 Å². The lowest BCUT2D eigenvalue weighted by atomic mass is 9.96. The normalized spacial score (nSPS) is 19.4. The third-order valence-electron chi connectivity index (χ3n) is 6.11. The van der Waals surface area contributed by atoms with Crippen molar-refractivity contribution in [2.24, 2.45) is 0 Å². The molecule has 1 aromatic carbocycles. The zero-order valence-corrected chi connectivity index (χ0v) is 17.0. The smallest absolute Gasteiger partial charge is 0.219 e. The highest BCUT2D eigenvalue weighted by Crippen LogP contribution is 2.31. The van der Waals surface area contributed by atoms with E-state index in [4.69, 9.17) is 9.97 Å². The van der Waals surface area contributed by atoms with Crippen LogP contribution in [0.4, 0.5) is 5.82 Å². The molecular formula is C23H30N4O. The molecule has 0 saturated carbocycles. The van der Waals surface area contributed by atoms with Gasteiger partial charge in [-0.15, -0.1) is 0 Å². The highest BCUT2D eigenvalue weighted by atomic mass is 16.2. The number of aryl methyl sites for hydroxylation is 1. The minimum atomic E-state index is 0.156. The third-order valence-corrected chi connectivity index (χ3v) is 6.11. The maximum absolute atomic E-state index is 11.8. The van der Waals surface area contributed by atoms with Crippen LogP contribution >= 0.6 is 0 Å². The Balaban J connectivity index is 1.56. The van der Waals surface area contributed by atoms with Gasteiger partial charge >= 0.3 is 0 Å². The Morgan fingerprint density at radius 3 is 2.75 bits per heavy atom. The summed E-state index contributed by atoms with van der Waals surface area (Å²) < 4.78 is 0. The number of anilines is 1. The van der Waals surface area contributed by atoms with Crippen molar-refractivity contribution in [2.75, 3.05) is 31.1 Å². The number of carbonyl (C=O) groups is 1. The highest BCUT2D eigenvalue weighted by molar-refractivity contribution is 5.73. The lowest BCUT2D eigenvalue weighted by molar-refractivity contribution is -0.130. The Morgan fingerprint density at radius 1 is 1.14 bits per heavy atom. The summed E-state index contributed by atoms with van der Waals surface area (Å²) in [4.78, 5) is 26.2. The van der Waals surface area contributed by atoms with E-state index in [9.17, 15) is 4.79 Å². The van der Waals surface area contributed by atoms with Gasteiger partial charge in [0.05, 0.1) is 0 Å². The number of piperidine rings is 1. The molecule has 3 heterocycles. The first-order chi connectivity index (χ1) is 13.6. The maximum Gasteiger partial charge on any atom is 0.219 e. The molecule has 0 N–H and O–H groups in total. The molecule has 5 nitrogen and oxygen atoms in total. The first-order valence-corrected chi connectivity index (χ1v) is 10.5. The summed E-state index contributed by atoms with van der Waals surface area (Å²) in [6.07, 6.45) is 5.34. The lowest BCUT2D eigenvalue weighted by Crippen LogP contribution is -2.39. The molecule has 1 atom stereocenters. The molecule has 0 aliphatic carbocycles. The molecule has 148 valence electrons. The van der Waals surface area contributed by atoms with E-state index in [-0.39, 0.29) is 11.8 Å². The van der Waals surface area contributed by atoms with Gasteiger partial charge in [-0.1, -0.05) is 30.3 Å². The summed E-state index contributed by atoms with van der Waals surface area (Å²) in [6.45, 7) is 7.43. The van der Waals surface area contributed by atoms with E-state index < -0.39 is 0 Å². The zero-order valence-electron chi connectivity index (χ0n) is 17.0. The Hall–Kier alpha value is -2.43. The molecule has 0 unspecified atom stereocenters. The molecule has 1 amide bonds. The van der Waals surface area contributed by atoms with Crippen LogP contribution in [0, 0.1) is 6.92 Å². The molecule has 2 aliphatic rings. The minimum Gasteiger partial charge on any atom is -0.356 e. The Labute approximate surface area is 167 Å². The van der Waals surface area contributed by atoms with Crippen molar-refractivity contribution in [2.45, 2.75) is 51.9 Å². The molecule has 0 spiro atoms. The number of benzene rings is 1. The van der Waals surface area contributed by atoms with Crippen molar-refractivity contribution in [1.29, 1.82) is 0 Å². The second kappa shape index (κ2) is 8.29. The molecular weight excluding hydrogens is 348 g/mol. The molecule has 2 aromatic rings. The fourth-order valence-corrected chi connectivity index (χ4v) is 4.49. The molecule has 0 bridgehead atoms. The molecule has 1 aromatic heterocycles. The van der Waals surface area contributed by atoms with Gasteiger partial charge in [0.2, 0.25) is 5.91 Å². The van der Waals surface area contributed by atoms with Crippen LogP contribution in [0.1, 0.15) is 54.7 Å². The first-order valence-electron chi connectivity index (χ1n) is 10.5.